The normalized spacial score (nSPS) is 15.2. The number of amides is 2. The lowest BCUT2D eigenvalue weighted by Gasteiger charge is -2.18. The Bertz CT molecular complexity index is 317. The van der Waals surface area contributed by atoms with Gasteiger partial charge in [-0.2, -0.15) is 0 Å². The van der Waals surface area contributed by atoms with E-state index in [2.05, 4.69) is 15.4 Å². The van der Waals surface area contributed by atoms with Gasteiger partial charge in [-0.3, -0.25) is 9.59 Å². The fraction of sp³-hybridized carbons (Fsp3) is 0.750. The van der Waals surface area contributed by atoms with Crippen LogP contribution in [0.5, 0.6) is 0 Å². The van der Waals surface area contributed by atoms with Gasteiger partial charge in [-0.05, 0) is 20.3 Å². The van der Waals surface area contributed by atoms with Crippen LogP contribution in [0, 0.1) is 5.92 Å². The molecule has 0 saturated heterocycles. The van der Waals surface area contributed by atoms with Crippen LogP contribution >= 0.6 is 0 Å². The van der Waals surface area contributed by atoms with Crippen LogP contribution in [0.25, 0.3) is 0 Å². The Morgan fingerprint density at radius 3 is 1.94 bits per heavy atom. The molecule has 0 aromatic heterocycles. The van der Waals surface area contributed by atoms with Crippen molar-refractivity contribution in [2.75, 3.05) is 7.11 Å². The molecule has 0 fully saturated rings. The minimum Gasteiger partial charge on any atom is -0.467 e. The van der Waals surface area contributed by atoms with Gasteiger partial charge in [0.05, 0.1) is 7.11 Å². The van der Waals surface area contributed by atoms with Gasteiger partial charge in [0.15, 0.2) is 0 Å². The van der Waals surface area contributed by atoms with Gasteiger partial charge in [0.1, 0.15) is 12.1 Å². The maximum absolute atomic E-state index is 11.7. The zero-order chi connectivity index (χ0) is 14.3. The summed E-state index contributed by atoms with van der Waals surface area (Å²) in [5.74, 6) is -1.25. The van der Waals surface area contributed by atoms with Gasteiger partial charge in [0, 0.05) is 5.92 Å². The summed E-state index contributed by atoms with van der Waals surface area (Å²) in [4.78, 5) is 34.4. The van der Waals surface area contributed by atoms with Gasteiger partial charge >= 0.3 is 5.97 Å². The van der Waals surface area contributed by atoms with Gasteiger partial charge in [-0.25, -0.2) is 4.79 Å². The van der Waals surface area contributed by atoms with E-state index in [0.717, 1.165) is 0 Å². The van der Waals surface area contributed by atoms with Crippen LogP contribution in [0.4, 0.5) is 0 Å². The summed E-state index contributed by atoms with van der Waals surface area (Å²) in [6.07, 6.45) is 0.707. The van der Waals surface area contributed by atoms with E-state index < -0.39 is 24.0 Å². The molecule has 2 N–H and O–H groups in total. The highest BCUT2D eigenvalue weighted by atomic mass is 16.5. The smallest absolute Gasteiger partial charge is 0.328 e. The van der Waals surface area contributed by atoms with Crippen molar-refractivity contribution in [3.63, 3.8) is 0 Å². The monoisotopic (exact) mass is 258 g/mol. The predicted molar refractivity (Wildman–Crippen MR) is 66.7 cm³/mol. The Morgan fingerprint density at radius 2 is 1.50 bits per heavy atom. The molecule has 0 radical (unpaired) electrons. The lowest BCUT2D eigenvalue weighted by atomic mass is 10.1. The van der Waals surface area contributed by atoms with E-state index in [0.29, 0.717) is 6.42 Å². The Labute approximate surface area is 107 Å². The molecule has 0 aromatic rings. The fourth-order valence-electron chi connectivity index (χ4n) is 1.18. The summed E-state index contributed by atoms with van der Waals surface area (Å²) in [6.45, 7) is 6.78. The highest BCUT2D eigenvalue weighted by molar-refractivity contribution is 5.90. The van der Waals surface area contributed by atoms with Crippen LogP contribution in [-0.4, -0.2) is 37.0 Å². The number of carbonyl (C=O) groups is 3. The van der Waals surface area contributed by atoms with Crippen molar-refractivity contribution in [1.29, 1.82) is 0 Å². The van der Waals surface area contributed by atoms with E-state index >= 15 is 0 Å². The van der Waals surface area contributed by atoms with E-state index in [-0.39, 0.29) is 11.8 Å². The lowest BCUT2D eigenvalue weighted by Crippen LogP contribution is -2.50. The summed E-state index contributed by atoms with van der Waals surface area (Å²) in [7, 11) is 1.25. The van der Waals surface area contributed by atoms with Gasteiger partial charge in [0.2, 0.25) is 11.8 Å². The molecule has 2 amide bonds. The Morgan fingerprint density at radius 1 is 1.00 bits per heavy atom. The topological polar surface area (TPSA) is 84.5 Å². The molecule has 0 bridgehead atoms. The first kappa shape index (κ1) is 16.4. The van der Waals surface area contributed by atoms with E-state index in [9.17, 15) is 14.4 Å². The summed E-state index contributed by atoms with van der Waals surface area (Å²) in [6, 6.07) is -1.41. The third kappa shape index (κ3) is 5.16. The van der Waals surface area contributed by atoms with Crippen molar-refractivity contribution >= 4 is 17.8 Å². The van der Waals surface area contributed by atoms with Crippen LogP contribution in [0.2, 0.25) is 0 Å². The van der Waals surface area contributed by atoms with E-state index in [1.54, 1.807) is 13.8 Å². The van der Waals surface area contributed by atoms with Crippen molar-refractivity contribution in [2.24, 2.45) is 5.92 Å². The third-order valence-corrected chi connectivity index (χ3v) is 2.73. The molecule has 0 saturated carbocycles. The first-order chi connectivity index (χ1) is 8.33. The highest BCUT2D eigenvalue weighted by Crippen LogP contribution is 2.00. The van der Waals surface area contributed by atoms with Crippen LogP contribution < -0.4 is 10.6 Å². The lowest BCUT2D eigenvalue weighted by molar-refractivity contribution is -0.144. The quantitative estimate of drug-likeness (QED) is 0.667. The maximum Gasteiger partial charge on any atom is 0.328 e. The number of esters is 1. The Hall–Kier alpha value is -1.59. The largest absolute Gasteiger partial charge is 0.467 e. The molecule has 0 rings (SSSR count). The second kappa shape index (κ2) is 7.68. The van der Waals surface area contributed by atoms with E-state index in [1.807, 2.05) is 6.92 Å². The number of methoxy groups -OCH3 is 1. The van der Waals surface area contributed by atoms with Crippen LogP contribution in [-0.2, 0) is 19.1 Å². The molecule has 104 valence electrons. The number of ether oxygens (including phenoxy) is 1. The molecular formula is C12H22N2O4. The minimum atomic E-state index is -0.731. The van der Waals surface area contributed by atoms with E-state index in [1.165, 1.54) is 14.0 Å². The van der Waals surface area contributed by atoms with E-state index in [4.69, 9.17) is 0 Å². The van der Waals surface area contributed by atoms with Crippen molar-refractivity contribution in [2.45, 2.75) is 46.2 Å². The van der Waals surface area contributed by atoms with Crippen molar-refractivity contribution in [1.82, 2.24) is 10.6 Å². The highest BCUT2D eigenvalue weighted by Gasteiger charge is 2.22. The van der Waals surface area contributed by atoms with Crippen LogP contribution in [0.1, 0.15) is 34.1 Å². The van der Waals surface area contributed by atoms with Gasteiger partial charge in [-0.15, -0.1) is 0 Å². The number of hydrogen-bond acceptors (Lipinski definition) is 4. The maximum atomic E-state index is 11.7. The summed E-state index contributed by atoms with van der Waals surface area (Å²) >= 11 is 0. The minimum absolute atomic E-state index is 0.140. The molecule has 0 heterocycles. The number of carbonyl (C=O) groups excluding carboxylic acids is 3. The molecule has 3 atom stereocenters. The predicted octanol–water partition coefficient (Wildman–Crippen LogP) is 0.215. The molecular weight excluding hydrogens is 236 g/mol. The number of nitrogens with one attached hydrogen (secondary N) is 2. The molecule has 0 aliphatic heterocycles. The van der Waals surface area contributed by atoms with Crippen molar-refractivity contribution in [3.8, 4) is 0 Å². The first-order valence-corrected chi connectivity index (χ1v) is 6.02. The molecule has 0 aliphatic rings. The Kier molecular flexibility index (Phi) is 7.00. The summed E-state index contributed by atoms with van der Waals surface area (Å²) in [5, 5.41) is 5.05. The zero-order valence-electron chi connectivity index (χ0n) is 11.6. The van der Waals surface area contributed by atoms with Gasteiger partial charge < -0.3 is 15.4 Å². The molecule has 0 aliphatic carbocycles. The van der Waals surface area contributed by atoms with Crippen LogP contribution in [0.15, 0.2) is 0 Å². The molecule has 0 aromatic carbocycles. The average molecular weight is 258 g/mol. The van der Waals surface area contributed by atoms with Gasteiger partial charge in [0.25, 0.3) is 0 Å². The van der Waals surface area contributed by atoms with Crippen molar-refractivity contribution < 1.29 is 19.1 Å². The molecule has 18 heavy (non-hydrogen) atoms. The zero-order valence-corrected chi connectivity index (χ0v) is 11.6. The second-order valence-corrected chi connectivity index (χ2v) is 4.29. The standard InChI is InChI=1S/C12H22N2O4/c1-6-7(2)10(15)13-8(3)11(16)14-9(4)12(17)18-5/h7-9H,6H2,1-5H3,(H,13,15)(H,14,16). The van der Waals surface area contributed by atoms with Crippen molar-refractivity contribution in [3.05, 3.63) is 0 Å². The molecule has 6 heteroatoms. The number of rotatable bonds is 6. The SMILES string of the molecule is CCC(C)C(=O)NC(C)C(=O)NC(C)C(=O)OC. The third-order valence-electron chi connectivity index (χ3n) is 2.73. The fourth-order valence-corrected chi connectivity index (χ4v) is 1.18. The summed E-state index contributed by atoms with van der Waals surface area (Å²) in [5.41, 5.74) is 0. The Balaban J connectivity index is 4.27. The second-order valence-electron chi connectivity index (χ2n) is 4.29. The summed E-state index contributed by atoms with van der Waals surface area (Å²) < 4.78 is 4.49. The molecule has 0 spiro atoms. The van der Waals surface area contributed by atoms with Crippen LogP contribution in [0.3, 0.4) is 0 Å². The molecule has 3 unspecified atom stereocenters. The molecule has 6 nitrogen and oxygen atoms in total. The first-order valence-electron chi connectivity index (χ1n) is 6.02. The van der Waals surface area contributed by atoms with Gasteiger partial charge in [-0.1, -0.05) is 13.8 Å². The number of hydrogen-bond donors (Lipinski definition) is 2. The average Bonchev–Trinajstić information content (AvgIpc) is 2.35.